The van der Waals surface area contributed by atoms with Crippen LogP contribution in [0.4, 0.5) is 0 Å². The Hall–Kier alpha value is -2.02. The molecule has 0 saturated heterocycles. The lowest BCUT2D eigenvalue weighted by molar-refractivity contribution is -0.119. The zero-order valence-corrected chi connectivity index (χ0v) is 14.1. The summed E-state index contributed by atoms with van der Waals surface area (Å²) in [6.07, 6.45) is 3.40. The van der Waals surface area contributed by atoms with Gasteiger partial charge in [-0.1, -0.05) is 6.92 Å². The Morgan fingerprint density at radius 2 is 2.13 bits per heavy atom. The van der Waals surface area contributed by atoms with Crippen LogP contribution in [0.25, 0.3) is 0 Å². The van der Waals surface area contributed by atoms with Gasteiger partial charge in [-0.2, -0.15) is 0 Å². The highest BCUT2D eigenvalue weighted by Gasteiger charge is 2.01. The van der Waals surface area contributed by atoms with Gasteiger partial charge in [0.2, 0.25) is 5.91 Å². The number of carbonyl (C=O) groups excluding carboxylic acids is 1. The van der Waals surface area contributed by atoms with Crippen molar-refractivity contribution in [3.8, 4) is 0 Å². The summed E-state index contributed by atoms with van der Waals surface area (Å²) in [4.78, 5) is 15.8. The summed E-state index contributed by atoms with van der Waals surface area (Å²) in [6, 6.07) is 3.73. The van der Waals surface area contributed by atoms with Crippen LogP contribution in [0.1, 0.15) is 32.4 Å². The number of hydrogen-bond donors (Lipinski definition) is 3. The SMILES string of the molecule is CCCNC(=O)CN=C(NCC)NCCCOCc1ccco1. The number of nitrogens with zero attached hydrogens (tertiary/aromatic N) is 1. The molecule has 0 aromatic carbocycles. The number of rotatable bonds is 11. The van der Waals surface area contributed by atoms with Crippen molar-refractivity contribution in [1.29, 1.82) is 0 Å². The van der Waals surface area contributed by atoms with Gasteiger partial charge >= 0.3 is 0 Å². The molecule has 0 unspecified atom stereocenters. The molecular weight excluding hydrogens is 296 g/mol. The predicted octanol–water partition coefficient (Wildman–Crippen LogP) is 1.27. The van der Waals surface area contributed by atoms with E-state index in [9.17, 15) is 4.79 Å². The average Bonchev–Trinajstić information content (AvgIpc) is 3.07. The molecule has 7 nitrogen and oxygen atoms in total. The zero-order chi connectivity index (χ0) is 16.8. The molecule has 0 radical (unpaired) electrons. The predicted molar refractivity (Wildman–Crippen MR) is 90.3 cm³/mol. The second kappa shape index (κ2) is 12.5. The minimum atomic E-state index is -0.0640. The molecule has 1 amide bonds. The number of nitrogens with one attached hydrogen (secondary N) is 3. The van der Waals surface area contributed by atoms with E-state index in [0.717, 1.165) is 31.7 Å². The monoisotopic (exact) mass is 324 g/mol. The Kier molecular flexibility index (Phi) is 10.4. The lowest BCUT2D eigenvalue weighted by atomic mass is 10.4. The topological polar surface area (TPSA) is 87.9 Å². The van der Waals surface area contributed by atoms with Crippen molar-refractivity contribution in [2.75, 3.05) is 32.8 Å². The Labute approximate surface area is 137 Å². The maximum Gasteiger partial charge on any atom is 0.241 e. The van der Waals surface area contributed by atoms with Gasteiger partial charge in [0.25, 0.3) is 0 Å². The van der Waals surface area contributed by atoms with E-state index in [1.165, 1.54) is 0 Å². The molecule has 0 aliphatic rings. The third-order valence-corrected chi connectivity index (χ3v) is 2.88. The van der Waals surface area contributed by atoms with E-state index in [2.05, 4.69) is 20.9 Å². The Bertz CT molecular complexity index is 446. The maximum absolute atomic E-state index is 11.5. The van der Waals surface area contributed by atoms with Crippen LogP contribution in [0.5, 0.6) is 0 Å². The molecule has 0 aliphatic carbocycles. The summed E-state index contributed by atoms with van der Waals surface area (Å²) < 4.78 is 10.7. The fourth-order valence-corrected chi connectivity index (χ4v) is 1.76. The standard InChI is InChI=1S/C16H28N4O3/c1-3-8-18-15(21)12-20-16(17-4-2)19-9-6-10-22-13-14-7-5-11-23-14/h5,7,11H,3-4,6,8-10,12-13H2,1-2H3,(H,18,21)(H2,17,19,20). The normalized spacial score (nSPS) is 11.3. The van der Waals surface area contributed by atoms with E-state index in [-0.39, 0.29) is 12.5 Å². The largest absolute Gasteiger partial charge is 0.467 e. The lowest BCUT2D eigenvalue weighted by Crippen LogP contribution is -2.39. The molecule has 23 heavy (non-hydrogen) atoms. The van der Waals surface area contributed by atoms with Crippen molar-refractivity contribution in [2.45, 2.75) is 33.3 Å². The van der Waals surface area contributed by atoms with Crippen LogP contribution in [-0.4, -0.2) is 44.7 Å². The molecule has 1 aromatic rings. The number of furan rings is 1. The van der Waals surface area contributed by atoms with Crippen LogP contribution in [0.15, 0.2) is 27.8 Å². The van der Waals surface area contributed by atoms with E-state index >= 15 is 0 Å². The summed E-state index contributed by atoms with van der Waals surface area (Å²) in [5.74, 6) is 1.40. The lowest BCUT2D eigenvalue weighted by Gasteiger charge is -2.11. The van der Waals surface area contributed by atoms with Gasteiger partial charge in [-0.3, -0.25) is 4.79 Å². The number of guanidine groups is 1. The van der Waals surface area contributed by atoms with Crippen molar-refractivity contribution in [2.24, 2.45) is 4.99 Å². The van der Waals surface area contributed by atoms with Gasteiger partial charge in [-0.15, -0.1) is 0 Å². The summed E-state index contributed by atoms with van der Waals surface area (Å²) in [7, 11) is 0. The van der Waals surface area contributed by atoms with Crippen LogP contribution in [0, 0.1) is 0 Å². The van der Waals surface area contributed by atoms with E-state index < -0.39 is 0 Å². The molecule has 3 N–H and O–H groups in total. The number of hydrogen-bond acceptors (Lipinski definition) is 4. The summed E-state index contributed by atoms with van der Waals surface area (Å²) >= 11 is 0. The highest BCUT2D eigenvalue weighted by Crippen LogP contribution is 2.01. The molecule has 0 aliphatic heterocycles. The van der Waals surface area contributed by atoms with Gasteiger partial charge in [-0.25, -0.2) is 4.99 Å². The minimum absolute atomic E-state index is 0.0640. The summed E-state index contributed by atoms with van der Waals surface area (Å²) in [6.45, 7) is 7.40. The highest BCUT2D eigenvalue weighted by atomic mass is 16.5. The third-order valence-electron chi connectivity index (χ3n) is 2.88. The van der Waals surface area contributed by atoms with Crippen LogP contribution >= 0.6 is 0 Å². The second-order valence-corrected chi connectivity index (χ2v) is 4.96. The summed E-state index contributed by atoms with van der Waals surface area (Å²) in [5, 5.41) is 9.09. The Morgan fingerprint density at radius 3 is 2.83 bits per heavy atom. The maximum atomic E-state index is 11.5. The smallest absolute Gasteiger partial charge is 0.241 e. The first-order valence-electron chi connectivity index (χ1n) is 8.15. The fraction of sp³-hybridized carbons (Fsp3) is 0.625. The summed E-state index contributed by atoms with van der Waals surface area (Å²) in [5.41, 5.74) is 0. The molecular formula is C16H28N4O3. The van der Waals surface area contributed by atoms with Crippen molar-refractivity contribution in [3.63, 3.8) is 0 Å². The van der Waals surface area contributed by atoms with Gasteiger partial charge in [0.15, 0.2) is 5.96 Å². The Morgan fingerprint density at radius 1 is 1.26 bits per heavy atom. The van der Waals surface area contributed by atoms with Crippen LogP contribution in [-0.2, 0) is 16.1 Å². The van der Waals surface area contributed by atoms with Crippen molar-refractivity contribution in [1.82, 2.24) is 16.0 Å². The number of carbonyl (C=O) groups is 1. The quantitative estimate of drug-likeness (QED) is 0.324. The van der Waals surface area contributed by atoms with E-state index in [0.29, 0.717) is 25.7 Å². The van der Waals surface area contributed by atoms with E-state index in [4.69, 9.17) is 9.15 Å². The highest BCUT2D eigenvalue weighted by molar-refractivity contribution is 5.84. The second-order valence-electron chi connectivity index (χ2n) is 4.96. The van der Waals surface area contributed by atoms with Gasteiger partial charge in [-0.05, 0) is 31.9 Å². The molecule has 1 heterocycles. The van der Waals surface area contributed by atoms with E-state index in [1.54, 1.807) is 6.26 Å². The molecule has 0 saturated carbocycles. The number of amides is 1. The first kappa shape index (κ1) is 19.0. The molecule has 0 bridgehead atoms. The molecule has 0 fully saturated rings. The molecule has 130 valence electrons. The van der Waals surface area contributed by atoms with Crippen LogP contribution in [0.3, 0.4) is 0 Å². The van der Waals surface area contributed by atoms with Gasteiger partial charge in [0, 0.05) is 26.2 Å². The van der Waals surface area contributed by atoms with Crippen molar-refractivity contribution in [3.05, 3.63) is 24.2 Å². The average molecular weight is 324 g/mol. The third kappa shape index (κ3) is 9.57. The molecule has 0 spiro atoms. The van der Waals surface area contributed by atoms with Gasteiger partial charge < -0.3 is 25.1 Å². The minimum Gasteiger partial charge on any atom is -0.467 e. The van der Waals surface area contributed by atoms with E-state index in [1.807, 2.05) is 26.0 Å². The van der Waals surface area contributed by atoms with Crippen molar-refractivity contribution < 1.29 is 13.9 Å². The number of aliphatic imine (C=N–C) groups is 1. The molecule has 7 heteroatoms. The zero-order valence-electron chi connectivity index (χ0n) is 14.1. The first-order chi connectivity index (χ1) is 11.3. The van der Waals surface area contributed by atoms with Crippen molar-refractivity contribution >= 4 is 11.9 Å². The van der Waals surface area contributed by atoms with Gasteiger partial charge in [0.05, 0.1) is 6.26 Å². The first-order valence-corrected chi connectivity index (χ1v) is 8.15. The molecule has 0 atom stereocenters. The van der Waals surface area contributed by atoms with Crippen LogP contribution in [0.2, 0.25) is 0 Å². The fourth-order valence-electron chi connectivity index (χ4n) is 1.76. The Balaban J connectivity index is 2.15. The molecule has 1 aromatic heterocycles. The molecule has 1 rings (SSSR count). The van der Waals surface area contributed by atoms with Crippen LogP contribution < -0.4 is 16.0 Å². The number of ether oxygens (including phenoxy) is 1. The van der Waals surface area contributed by atoms with Gasteiger partial charge in [0.1, 0.15) is 18.9 Å².